The van der Waals surface area contributed by atoms with Crippen molar-refractivity contribution in [1.29, 1.82) is 0 Å². The van der Waals surface area contributed by atoms with Crippen molar-refractivity contribution in [3.05, 3.63) is 58.1 Å². The van der Waals surface area contributed by atoms with Gasteiger partial charge >= 0.3 is 0 Å². The highest BCUT2D eigenvalue weighted by Gasteiger charge is 2.15. The van der Waals surface area contributed by atoms with Crippen LogP contribution in [-0.4, -0.2) is 26.3 Å². The quantitative estimate of drug-likeness (QED) is 0.324. The third-order valence-corrected chi connectivity index (χ3v) is 3.43. The second-order valence-electron chi connectivity index (χ2n) is 4.87. The van der Waals surface area contributed by atoms with Crippen molar-refractivity contribution in [2.24, 2.45) is 0 Å². The normalized spacial score (nSPS) is 10.6. The summed E-state index contributed by atoms with van der Waals surface area (Å²) in [6.45, 7) is 0.408. The van der Waals surface area contributed by atoms with Crippen LogP contribution in [0.2, 0.25) is 0 Å². The molecule has 0 spiro atoms. The van der Waals surface area contributed by atoms with Crippen LogP contribution < -0.4 is 5.32 Å². The number of carbonyl (C=O) groups is 1. The van der Waals surface area contributed by atoms with Gasteiger partial charge in [-0.15, -0.1) is 0 Å². The van der Waals surface area contributed by atoms with Gasteiger partial charge in [0.05, 0.1) is 10.4 Å². The summed E-state index contributed by atoms with van der Waals surface area (Å²) in [5.41, 5.74) is 2.16. The zero-order chi connectivity index (χ0) is 16.4. The molecule has 116 valence electrons. The topological polar surface area (TPSA) is 110 Å². The molecule has 0 saturated heterocycles. The Morgan fingerprint density at radius 3 is 2.65 bits per heavy atom. The van der Waals surface area contributed by atoms with Crippen LogP contribution in [0.5, 0.6) is 0 Å². The van der Waals surface area contributed by atoms with Gasteiger partial charge in [-0.25, -0.2) is 4.98 Å². The molecule has 0 aliphatic carbocycles. The predicted octanol–water partition coefficient (Wildman–Crippen LogP) is 2.09. The fourth-order valence-electron chi connectivity index (χ4n) is 2.28. The maximum atomic E-state index is 10.8. The number of hydrogen-bond donors (Lipinski definition) is 2. The van der Waals surface area contributed by atoms with Gasteiger partial charge in [0.25, 0.3) is 5.69 Å². The lowest BCUT2D eigenvalue weighted by molar-refractivity contribution is -0.384. The van der Waals surface area contributed by atoms with Crippen LogP contribution >= 0.6 is 0 Å². The minimum atomic E-state index is -0.527. The van der Waals surface area contributed by atoms with E-state index in [1.54, 1.807) is 24.3 Å². The van der Waals surface area contributed by atoms with Crippen LogP contribution in [0.15, 0.2) is 42.5 Å². The van der Waals surface area contributed by atoms with Crippen molar-refractivity contribution in [2.45, 2.75) is 6.54 Å². The number of nitro benzene ring substituents is 1. The smallest absolute Gasteiger partial charge is 0.271 e. The average Bonchev–Trinajstić information content (AvgIpc) is 2.90. The Morgan fingerprint density at radius 2 is 2.00 bits per heavy atom. The van der Waals surface area contributed by atoms with Gasteiger partial charge in [-0.2, -0.15) is 4.73 Å². The minimum Gasteiger partial charge on any atom is -0.426 e. The molecule has 23 heavy (non-hydrogen) atoms. The van der Waals surface area contributed by atoms with Gasteiger partial charge in [-0.3, -0.25) is 14.9 Å². The van der Waals surface area contributed by atoms with Crippen molar-refractivity contribution in [2.75, 3.05) is 0 Å². The van der Waals surface area contributed by atoms with E-state index in [0.717, 1.165) is 10.3 Å². The van der Waals surface area contributed by atoms with Crippen LogP contribution in [0.4, 0.5) is 5.69 Å². The summed E-state index contributed by atoms with van der Waals surface area (Å²) < 4.78 is 0.834. The number of aromatic nitrogens is 2. The molecule has 0 aliphatic rings. The van der Waals surface area contributed by atoms with E-state index < -0.39 is 4.92 Å². The summed E-state index contributed by atoms with van der Waals surface area (Å²) in [7, 11) is 0. The zero-order valence-electron chi connectivity index (χ0n) is 11.8. The molecule has 2 N–H and O–H groups in total. The second-order valence-corrected chi connectivity index (χ2v) is 4.87. The molecule has 1 heterocycles. The number of rotatable bonds is 5. The Labute approximate surface area is 130 Å². The molecule has 0 saturated carbocycles. The number of carbonyl (C=O) groups excluding carboxylic acids is 1. The molecule has 2 aromatic carbocycles. The van der Waals surface area contributed by atoms with E-state index in [9.17, 15) is 20.1 Å². The fraction of sp³-hybridized carbons (Fsp3) is 0.0667. The van der Waals surface area contributed by atoms with Gasteiger partial charge in [0.1, 0.15) is 5.52 Å². The van der Waals surface area contributed by atoms with Crippen LogP contribution in [-0.2, 0) is 11.3 Å². The Morgan fingerprint density at radius 1 is 1.26 bits per heavy atom. The predicted molar refractivity (Wildman–Crippen MR) is 81.9 cm³/mol. The van der Waals surface area contributed by atoms with Crippen molar-refractivity contribution in [3.63, 3.8) is 0 Å². The number of fused-ring (bicyclic) bond motifs is 1. The number of non-ortho nitro benzene ring substituents is 1. The second kappa shape index (κ2) is 5.76. The van der Waals surface area contributed by atoms with Gasteiger partial charge in [0.2, 0.25) is 6.41 Å². The molecule has 1 amide bonds. The molecule has 0 aliphatic heterocycles. The maximum Gasteiger partial charge on any atom is 0.271 e. The van der Waals surface area contributed by atoms with Crippen LogP contribution in [0.25, 0.3) is 22.4 Å². The van der Waals surface area contributed by atoms with Crippen LogP contribution in [0.3, 0.4) is 0 Å². The van der Waals surface area contributed by atoms with E-state index in [1.165, 1.54) is 18.2 Å². The maximum absolute atomic E-state index is 10.8. The van der Waals surface area contributed by atoms with Crippen LogP contribution in [0, 0.1) is 10.1 Å². The standard InChI is InChI=1S/C15H12N4O4/c20-9-16-8-10-1-3-11(4-2-10)15-17-13-6-5-12(19(22)23)7-14(13)18(15)21/h1-7,9,21H,8H2,(H,16,20). The molecule has 1 aromatic heterocycles. The van der Waals surface area contributed by atoms with Crippen molar-refractivity contribution in [3.8, 4) is 11.4 Å². The first-order valence-electron chi connectivity index (χ1n) is 6.72. The number of imidazole rings is 1. The molecule has 0 bridgehead atoms. The summed E-state index contributed by atoms with van der Waals surface area (Å²) in [5.74, 6) is 0.287. The number of nitrogens with zero attached hydrogens (tertiary/aromatic N) is 3. The summed E-state index contributed by atoms with van der Waals surface area (Å²) in [5, 5.41) is 23.6. The summed E-state index contributed by atoms with van der Waals surface area (Å²) in [4.78, 5) is 24.9. The molecule has 0 unspecified atom stereocenters. The van der Waals surface area contributed by atoms with Gasteiger partial charge in [0, 0.05) is 24.2 Å². The van der Waals surface area contributed by atoms with Crippen molar-refractivity contribution >= 4 is 23.1 Å². The van der Waals surface area contributed by atoms with Crippen molar-refractivity contribution < 1.29 is 14.9 Å². The molecule has 3 aromatic rings. The molecule has 0 atom stereocenters. The van der Waals surface area contributed by atoms with E-state index in [2.05, 4.69) is 10.3 Å². The van der Waals surface area contributed by atoms with Gasteiger partial charge in [-0.05, 0) is 11.6 Å². The highest BCUT2D eigenvalue weighted by molar-refractivity contribution is 5.82. The molecule has 8 heteroatoms. The third-order valence-electron chi connectivity index (χ3n) is 3.43. The van der Waals surface area contributed by atoms with Crippen molar-refractivity contribution in [1.82, 2.24) is 15.0 Å². The molecular weight excluding hydrogens is 300 g/mol. The zero-order valence-corrected chi connectivity index (χ0v) is 11.8. The molecule has 8 nitrogen and oxygen atoms in total. The number of hydrogen-bond acceptors (Lipinski definition) is 5. The number of amides is 1. The van der Waals surface area contributed by atoms with E-state index in [0.29, 0.717) is 24.0 Å². The molecule has 0 radical (unpaired) electrons. The van der Waals surface area contributed by atoms with E-state index in [-0.39, 0.29) is 17.0 Å². The fourth-order valence-corrected chi connectivity index (χ4v) is 2.28. The third kappa shape index (κ3) is 2.69. The number of nitrogens with one attached hydrogen (secondary N) is 1. The lowest BCUT2D eigenvalue weighted by Crippen LogP contribution is -2.09. The number of nitro groups is 1. The van der Waals surface area contributed by atoms with E-state index in [4.69, 9.17) is 0 Å². The SMILES string of the molecule is O=CNCc1ccc(-c2nc3ccc([N+](=O)[O-])cc3n2O)cc1. The first-order valence-corrected chi connectivity index (χ1v) is 6.72. The molecule has 0 fully saturated rings. The molecule has 3 rings (SSSR count). The van der Waals surface area contributed by atoms with E-state index >= 15 is 0 Å². The lowest BCUT2D eigenvalue weighted by atomic mass is 10.1. The van der Waals surface area contributed by atoms with Crippen LogP contribution in [0.1, 0.15) is 5.56 Å². The summed E-state index contributed by atoms with van der Waals surface area (Å²) >= 11 is 0. The Hall–Kier alpha value is -3.42. The minimum absolute atomic E-state index is 0.116. The highest BCUT2D eigenvalue weighted by Crippen LogP contribution is 2.26. The number of benzene rings is 2. The Kier molecular flexibility index (Phi) is 3.63. The Bertz CT molecular complexity index is 886. The first kappa shape index (κ1) is 14.5. The Balaban J connectivity index is 2.00. The van der Waals surface area contributed by atoms with E-state index in [1.807, 2.05) is 0 Å². The molecular formula is C15H12N4O4. The van der Waals surface area contributed by atoms with Gasteiger partial charge in [-0.1, -0.05) is 24.3 Å². The van der Waals surface area contributed by atoms with Gasteiger partial charge in [0.15, 0.2) is 5.82 Å². The highest BCUT2D eigenvalue weighted by atomic mass is 16.6. The monoisotopic (exact) mass is 312 g/mol. The first-order chi connectivity index (χ1) is 11.1. The summed E-state index contributed by atoms with van der Waals surface area (Å²) in [6.07, 6.45) is 0.619. The average molecular weight is 312 g/mol. The summed E-state index contributed by atoms with van der Waals surface area (Å²) in [6, 6.07) is 11.2. The largest absolute Gasteiger partial charge is 0.426 e. The van der Waals surface area contributed by atoms with Gasteiger partial charge < -0.3 is 10.5 Å². The lowest BCUT2D eigenvalue weighted by Gasteiger charge is -2.03.